The summed E-state index contributed by atoms with van der Waals surface area (Å²) in [6, 6.07) is 1.95. The maximum Gasteiger partial charge on any atom is 0.0791 e. The van der Waals surface area contributed by atoms with E-state index in [1.54, 1.807) is 12.4 Å². The number of anilines is 1. The van der Waals surface area contributed by atoms with E-state index < -0.39 is 0 Å². The Morgan fingerprint density at radius 2 is 2.43 bits per heavy atom. The Kier molecular flexibility index (Phi) is 3.96. The molecule has 0 saturated carbocycles. The van der Waals surface area contributed by atoms with Gasteiger partial charge in [0.05, 0.1) is 6.54 Å². The van der Waals surface area contributed by atoms with Gasteiger partial charge in [0.2, 0.25) is 0 Å². The van der Waals surface area contributed by atoms with Gasteiger partial charge in [0.15, 0.2) is 0 Å². The van der Waals surface area contributed by atoms with E-state index in [1.165, 1.54) is 0 Å². The zero-order chi connectivity index (χ0) is 10.4. The van der Waals surface area contributed by atoms with Gasteiger partial charge >= 0.3 is 0 Å². The molecular formula is C11H15N3. The number of hydrogen-bond acceptors (Lipinski definition) is 3. The van der Waals surface area contributed by atoms with Gasteiger partial charge in [0.1, 0.15) is 0 Å². The highest BCUT2D eigenvalue weighted by Crippen LogP contribution is 2.17. The van der Waals surface area contributed by atoms with Crippen molar-refractivity contribution in [3.63, 3.8) is 0 Å². The van der Waals surface area contributed by atoms with Gasteiger partial charge in [-0.3, -0.25) is 4.98 Å². The minimum absolute atomic E-state index is 0.490. The van der Waals surface area contributed by atoms with Crippen LogP contribution in [-0.4, -0.2) is 18.1 Å². The normalized spacial score (nSPS) is 9.50. The summed E-state index contributed by atoms with van der Waals surface area (Å²) in [5.41, 5.74) is 7.74. The third-order valence-corrected chi connectivity index (χ3v) is 2.10. The first-order valence-electron chi connectivity index (χ1n) is 4.64. The molecule has 74 valence electrons. The Morgan fingerprint density at radius 3 is 3.00 bits per heavy atom. The second-order valence-electron chi connectivity index (χ2n) is 2.93. The number of aromatic nitrogens is 1. The summed E-state index contributed by atoms with van der Waals surface area (Å²) < 4.78 is 0. The fourth-order valence-corrected chi connectivity index (χ4v) is 1.36. The van der Waals surface area contributed by atoms with Crippen LogP contribution < -0.4 is 10.6 Å². The van der Waals surface area contributed by atoms with Gasteiger partial charge < -0.3 is 10.6 Å². The fraction of sp³-hybridized carbons (Fsp3) is 0.364. The van der Waals surface area contributed by atoms with Crippen LogP contribution in [0.5, 0.6) is 0 Å². The van der Waals surface area contributed by atoms with E-state index in [0.29, 0.717) is 13.1 Å². The highest BCUT2D eigenvalue weighted by atomic mass is 15.1. The smallest absolute Gasteiger partial charge is 0.0791 e. The maximum absolute atomic E-state index is 5.62. The molecule has 3 heteroatoms. The van der Waals surface area contributed by atoms with Gasteiger partial charge in [-0.15, -0.1) is 6.42 Å². The third kappa shape index (κ3) is 2.24. The Morgan fingerprint density at radius 1 is 1.64 bits per heavy atom. The molecule has 0 aliphatic carbocycles. The molecule has 3 nitrogen and oxygen atoms in total. The van der Waals surface area contributed by atoms with Crippen molar-refractivity contribution in [3.05, 3.63) is 24.0 Å². The van der Waals surface area contributed by atoms with Gasteiger partial charge in [0, 0.05) is 36.7 Å². The Labute approximate surface area is 84.9 Å². The van der Waals surface area contributed by atoms with E-state index in [9.17, 15) is 0 Å². The first-order chi connectivity index (χ1) is 6.83. The van der Waals surface area contributed by atoms with Gasteiger partial charge in [-0.25, -0.2) is 0 Å². The van der Waals surface area contributed by atoms with Crippen LogP contribution in [0.2, 0.25) is 0 Å². The average molecular weight is 189 g/mol. The van der Waals surface area contributed by atoms with Crippen molar-refractivity contribution in [2.75, 3.05) is 18.0 Å². The second kappa shape index (κ2) is 5.25. The number of terminal acetylenes is 1. The van der Waals surface area contributed by atoms with E-state index in [2.05, 4.69) is 22.7 Å². The van der Waals surface area contributed by atoms with Crippen LogP contribution in [0, 0.1) is 12.3 Å². The van der Waals surface area contributed by atoms with Crippen molar-refractivity contribution < 1.29 is 0 Å². The fourth-order valence-electron chi connectivity index (χ4n) is 1.36. The lowest BCUT2D eigenvalue weighted by Crippen LogP contribution is -2.24. The summed E-state index contributed by atoms with van der Waals surface area (Å²) in [6.45, 7) is 4.04. The van der Waals surface area contributed by atoms with Crippen molar-refractivity contribution in [2.45, 2.75) is 13.5 Å². The van der Waals surface area contributed by atoms with E-state index >= 15 is 0 Å². The molecule has 1 heterocycles. The van der Waals surface area contributed by atoms with Crippen molar-refractivity contribution in [1.82, 2.24) is 4.98 Å². The monoisotopic (exact) mass is 189 g/mol. The summed E-state index contributed by atoms with van der Waals surface area (Å²) >= 11 is 0. The Bertz CT molecular complexity index is 328. The molecule has 14 heavy (non-hydrogen) atoms. The molecule has 0 spiro atoms. The first-order valence-corrected chi connectivity index (χ1v) is 4.64. The molecule has 0 radical (unpaired) electrons. The molecule has 0 atom stereocenters. The molecule has 0 saturated heterocycles. The van der Waals surface area contributed by atoms with Crippen molar-refractivity contribution in [2.24, 2.45) is 5.73 Å². The van der Waals surface area contributed by atoms with Crippen LogP contribution in [-0.2, 0) is 6.54 Å². The number of pyridine rings is 1. The lowest BCUT2D eigenvalue weighted by molar-refractivity contribution is 0.894. The van der Waals surface area contributed by atoms with Crippen molar-refractivity contribution >= 4 is 5.69 Å². The van der Waals surface area contributed by atoms with Gasteiger partial charge in [-0.05, 0) is 13.0 Å². The van der Waals surface area contributed by atoms with Crippen molar-refractivity contribution in [1.29, 1.82) is 0 Å². The van der Waals surface area contributed by atoms with Crippen LogP contribution in [0.3, 0.4) is 0 Å². The number of hydrogen-bond donors (Lipinski definition) is 1. The molecule has 0 unspecified atom stereocenters. The highest BCUT2D eigenvalue weighted by molar-refractivity contribution is 5.52. The predicted molar refractivity (Wildman–Crippen MR) is 58.8 cm³/mol. The molecule has 1 rings (SSSR count). The lowest BCUT2D eigenvalue weighted by atomic mass is 10.2. The predicted octanol–water partition coefficient (Wildman–Crippen LogP) is 1.000. The van der Waals surface area contributed by atoms with Crippen LogP contribution in [0.25, 0.3) is 0 Å². The SMILES string of the molecule is C#CCN(CC)c1ccncc1CN. The highest BCUT2D eigenvalue weighted by Gasteiger charge is 2.06. The van der Waals surface area contributed by atoms with E-state index in [4.69, 9.17) is 12.2 Å². The molecule has 2 N–H and O–H groups in total. The standard InChI is InChI=1S/C11H15N3/c1-3-7-14(4-2)11-5-6-13-9-10(11)8-12/h1,5-6,9H,4,7-8,12H2,2H3. The molecule has 1 aromatic heterocycles. The Hall–Kier alpha value is -1.53. The molecule has 0 aliphatic heterocycles. The molecule has 0 fully saturated rings. The average Bonchev–Trinajstić information content (AvgIpc) is 2.26. The van der Waals surface area contributed by atoms with Gasteiger partial charge in [-0.2, -0.15) is 0 Å². The largest absolute Gasteiger partial charge is 0.360 e. The quantitative estimate of drug-likeness (QED) is 0.718. The molecular weight excluding hydrogens is 174 g/mol. The van der Waals surface area contributed by atoms with Crippen LogP contribution >= 0.6 is 0 Å². The number of nitrogens with zero attached hydrogens (tertiary/aromatic N) is 2. The van der Waals surface area contributed by atoms with Crippen LogP contribution in [0.15, 0.2) is 18.5 Å². The van der Waals surface area contributed by atoms with Gasteiger partial charge in [-0.1, -0.05) is 5.92 Å². The van der Waals surface area contributed by atoms with Gasteiger partial charge in [0.25, 0.3) is 0 Å². The molecule has 0 amide bonds. The third-order valence-electron chi connectivity index (χ3n) is 2.10. The maximum atomic E-state index is 5.62. The first kappa shape index (κ1) is 10.6. The summed E-state index contributed by atoms with van der Waals surface area (Å²) in [7, 11) is 0. The molecule has 0 aromatic carbocycles. The summed E-state index contributed by atoms with van der Waals surface area (Å²) in [4.78, 5) is 6.14. The van der Waals surface area contributed by atoms with E-state index in [1.807, 2.05) is 6.07 Å². The Balaban J connectivity index is 2.97. The summed E-state index contributed by atoms with van der Waals surface area (Å²) in [6.07, 6.45) is 8.84. The van der Waals surface area contributed by atoms with E-state index in [-0.39, 0.29) is 0 Å². The topological polar surface area (TPSA) is 42.2 Å². The number of rotatable bonds is 4. The minimum Gasteiger partial charge on any atom is -0.360 e. The zero-order valence-electron chi connectivity index (χ0n) is 8.40. The zero-order valence-corrected chi connectivity index (χ0v) is 8.40. The van der Waals surface area contributed by atoms with Crippen LogP contribution in [0.1, 0.15) is 12.5 Å². The number of nitrogens with two attached hydrogens (primary N) is 1. The van der Waals surface area contributed by atoms with Crippen molar-refractivity contribution in [3.8, 4) is 12.3 Å². The molecule has 0 aliphatic rings. The summed E-state index contributed by atoms with van der Waals surface area (Å²) in [5, 5.41) is 0. The molecule has 1 aromatic rings. The molecule has 0 bridgehead atoms. The lowest BCUT2D eigenvalue weighted by Gasteiger charge is -2.22. The van der Waals surface area contributed by atoms with E-state index in [0.717, 1.165) is 17.8 Å². The van der Waals surface area contributed by atoms with Crippen LogP contribution in [0.4, 0.5) is 5.69 Å². The minimum atomic E-state index is 0.490. The summed E-state index contributed by atoms with van der Waals surface area (Å²) in [5.74, 6) is 2.63. The second-order valence-corrected chi connectivity index (χ2v) is 2.93.